The molecule has 0 amide bonds. The van der Waals surface area contributed by atoms with Gasteiger partial charge in [0.1, 0.15) is 5.76 Å². The SMILES string of the molecule is Cc1cc(C[S@](=O)Cc2ccc(Cl)s2)no1. The smallest absolute Gasteiger partial charge is 0.133 e. The molecule has 86 valence electrons. The van der Waals surface area contributed by atoms with E-state index < -0.39 is 10.8 Å². The van der Waals surface area contributed by atoms with E-state index in [0.29, 0.717) is 11.5 Å². The largest absolute Gasteiger partial charge is 0.361 e. The normalized spacial score (nSPS) is 12.9. The van der Waals surface area contributed by atoms with Crippen molar-refractivity contribution in [1.29, 1.82) is 0 Å². The van der Waals surface area contributed by atoms with Crippen LogP contribution in [0.1, 0.15) is 16.3 Å². The van der Waals surface area contributed by atoms with E-state index in [9.17, 15) is 4.21 Å². The summed E-state index contributed by atoms with van der Waals surface area (Å²) in [4.78, 5) is 1.03. The fraction of sp³-hybridized carbons (Fsp3) is 0.300. The molecule has 2 aromatic rings. The molecule has 0 saturated heterocycles. The molecule has 1 atom stereocenters. The van der Waals surface area contributed by atoms with Crippen molar-refractivity contribution in [2.24, 2.45) is 0 Å². The number of hydrogen-bond acceptors (Lipinski definition) is 4. The van der Waals surface area contributed by atoms with Crippen molar-refractivity contribution in [2.75, 3.05) is 0 Å². The molecule has 0 bridgehead atoms. The number of aryl methyl sites for hydroxylation is 1. The quantitative estimate of drug-likeness (QED) is 0.861. The molecule has 0 aromatic carbocycles. The lowest BCUT2D eigenvalue weighted by molar-refractivity contribution is 0.392. The van der Waals surface area contributed by atoms with E-state index in [-0.39, 0.29) is 0 Å². The maximum Gasteiger partial charge on any atom is 0.133 e. The van der Waals surface area contributed by atoms with Crippen LogP contribution in [-0.2, 0) is 22.3 Å². The molecule has 0 N–H and O–H groups in total. The minimum absolute atomic E-state index is 0.423. The molecule has 6 heteroatoms. The van der Waals surface area contributed by atoms with Crippen LogP contribution in [0, 0.1) is 6.92 Å². The third-order valence-electron chi connectivity index (χ3n) is 1.92. The molecular weight excluding hydrogens is 266 g/mol. The second-order valence-corrected chi connectivity index (χ2v) is 6.62. The average molecular weight is 276 g/mol. The Labute approximate surface area is 105 Å². The molecule has 0 aliphatic rings. The Morgan fingerprint density at radius 1 is 1.50 bits per heavy atom. The Kier molecular flexibility index (Phi) is 3.78. The molecular formula is C10H10ClNO2S2. The fourth-order valence-corrected chi connectivity index (χ4v) is 3.78. The Balaban J connectivity index is 1.94. The first-order chi connectivity index (χ1) is 7.63. The predicted molar refractivity (Wildman–Crippen MR) is 66.1 cm³/mol. The highest BCUT2D eigenvalue weighted by molar-refractivity contribution is 7.83. The lowest BCUT2D eigenvalue weighted by atomic mass is 10.4. The van der Waals surface area contributed by atoms with Gasteiger partial charge in [-0.25, -0.2) is 0 Å². The summed E-state index contributed by atoms with van der Waals surface area (Å²) in [5.41, 5.74) is 0.735. The summed E-state index contributed by atoms with van der Waals surface area (Å²) in [5, 5.41) is 3.81. The molecule has 16 heavy (non-hydrogen) atoms. The molecule has 0 unspecified atom stereocenters. The minimum Gasteiger partial charge on any atom is -0.361 e. The first-order valence-electron chi connectivity index (χ1n) is 4.65. The molecule has 2 heterocycles. The van der Waals surface area contributed by atoms with E-state index in [4.69, 9.17) is 16.1 Å². The van der Waals surface area contributed by atoms with Gasteiger partial charge in [0.25, 0.3) is 0 Å². The number of nitrogens with zero attached hydrogens (tertiary/aromatic N) is 1. The van der Waals surface area contributed by atoms with Crippen molar-refractivity contribution in [3.05, 3.63) is 38.9 Å². The van der Waals surface area contributed by atoms with Crippen LogP contribution in [0.4, 0.5) is 0 Å². The van der Waals surface area contributed by atoms with Crippen LogP contribution in [0.15, 0.2) is 22.7 Å². The van der Waals surface area contributed by atoms with Gasteiger partial charge in [0, 0.05) is 21.7 Å². The van der Waals surface area contributed by atoms with Crippen LogP contribution in [0.2, 0.25) is 4.34 Å². The van der Waals surface area contributed by atoms with Crippen LogP contribution in [0.25, 0.3) is 0 Å². The third-order valence-corrected chi connectivity index (χ3v) is 4.58. The van der Waals surface area contributed by atoms with Gasteiger partial charge in [0.05, 0.1) is 21.5 Å². The van der Waals surface area contributed by atoms with Gasteiger partial charge in [0.15, 0.2) is 0 Å². The van der Waals surface area contributed by atoms with Crippen molar-refractivity contribution in [1.82, 2.24) is 5.16 Å². The Hall–Kier alpha value is -0.650. The van der Waals surface area contributed by atoms with Crippen molar-refractivity contribution in [3.8, 4) is 0 Å². The molecule has 0 aliphatic carbocycles. The van der Waals surface area contributed by atoms with Gasteiger partial charge in [-0.15, -0.1) is 11.3 Å². The summed E-state index contributed by atoms with van der Waals surface area (Å²) in [6, 6.07) is 5.53. The zero-order chi connectivity index (χ0) is 11.5. The van der Waals surface area contributed by atoms with E-state index in [1.807, 2.05) is 19.1 Å². The van der Waals surface area contributed by atoms with Gasteiger partial charge in [-0.3, -0.25) is 4.21 Å². The Morgan fingerprint density at radius 2 is 2.31 bits per heavy atom. The summed E-state index contributed by atoms with van der Waals surface area (Å²) in [7, 11) is -0.966. The van der Waals surface area contributed by atoms with Crippen LogP contribution in [-0.4, -0.2) is 9.37 Å². The molecule has 0 saturated carbocycles. The molecule has 0 spiro atoms. The number of aromatic nitrogens is 1. The highest BCUT2D eigenvalue weighted by atomic mass is 35.5. The minimum atomic E-state index is -0.966. The molecule has 2 aromatic heterocycles. The van der Waals surface area contributed by atoms with E-state index in [0.717, 1.165) is 20.7 Å². The molecule has 0 radical (unpaired) electrons. The van der Waals surface area contributed by atoms with Crippen molar-refractivity contribution < 1.29 is 8.73 Å². The summed E-state index contributed by atoms with van der Waals surface area (Å²) in [6.45, 7) is 1.82. The summed E-state index contributed by atoms with van der Waals surface area (Å²) < 4.78 is 17.4. The standard InChI is InChI=1S/C10H10ClNO2S2/c1-7-4-8(12-14-7)5-16(13)6-9-2-3-10(11)15-9/h2-4H,5-6H2,1H3/t16-/m0/s1. The summed E-state index contributed by atoms with van der Waals surface area (Å²) in [5.74, 6) is 1.68. The topological polar surface area (TPSA) is 43.1 Å². The van der Waals surface area contributed by atoms with Gasteiger partial charge < -0.3 is 4.52 Å². The average Bonchev–Trinajstić information content (AvgIpc) is 2.76. The Bertz CT molecular complexity index is 462. The maximum atomic E-state index is 11.8. The number of thiophene rings is 1. The van der Waals surface area contributed by atoms with Gasteiger partial charge in [-0.1, -0.05) is 16.8 Å². The number of hydrogen-bond donors (Lipinski definition) is 0. The highest BCUT2D eigenvalue weighted by Crippen LogP contribution is 2.23. The summed E-state index contributed by atoms with van der Waals surface area (Å²) in [6.07, 6.45) is 0. The molecule has 0 aliphatic heterocycles. The van der Waals surface area contributed by atoms with Crippen molar-refractivity contribution >= 4 is 33.7 Å². The first kappa shape index (κ1) is 11.8. The van der Waals surface area contributed by atoms with Crippen LogP contribution < -0.4 is 0 Å². The van der Waals surface area contributed by atoms with Gasteiger partial charge >= 0.3 is 0 Å². The zero-order valence-electron chi connectivity index (χ0n) is 8.60. The van der Waals surface area contributed by atoms with E-state index in [1.54, 1.807) is 6.07 Å². The van der Waals surface area contributed by atoms with Crippen molar-refractivity contribution in [3.63, 3.8) is 0 Å². The van der Waals surface area contributed by atoms with Crippen LogP contribution in [0.3, 0.4) is 0 Å². The third kappa shape index (κ3) is 3.17. The second kappa shape index (κ2) is 5.12. The van der Waals surface area contributed by atoms with E-state index in [1.165, 1.54) is 11.3 Å². The Morgan fingerprint density at radius 3 is 2.88 bits per heavy atom. The number of rotatable bonds is 4. The van der Waals surface area contributed by atoms with Gasteiger partial charge in [-0.05, 0) is 19.1 Å². The maximum absolute atomic E-state index is 11.8. The van der Waals surface area contributed by atoms with E-state index >= 15 is 0 Å². The molecule has 3 nitrogen and oxygen atoms in total. The lowest BCUT2D eigenvalue weighted by Crippen LogP contribution is -1.98. The summed E-state index contributed by atoms with van der Waals surface area (Å²) >= 11 is 7.26. The monoisotopic (exact) mass is 275 g/mol. The molecule has 2 rings (SSSR count). The van der Waals surface area contributed by atoms with Crippen LogP contribution >= 0.6 is 22.9 Å². The first-order valence-corrected chi connectivity index (χ1v) is 7.33. The fourth-order valence-electron chi connectivity index (χ4n) is 1.29. The van der Waals surface area contributed by atoms with Gasteiger partial charge in [-0.2, -0.15) is 0 Å². The highest BCUT2D eigenvalue weighted by Gasteiger charge is 2.08. The van der Waals surface area contributed by atoms with Crippen molar-refractivity contribution in [2.45, 2.75) is 18.4 Å². The van der Waals surface area contributed by atoms with Gasteiger partial charge in [0.2, 0.25) is 0 Å². The van der Waals surface area contributed by atoms with E-state index in [2.05, 4.69) is 5.16 Å². The van der Waals surface area contributed by atoms with Crippen LogP contribution in [0.5, 0.6) is 0 Å². The zero-order valence-corrected chi connectivity index (χ0v) is 11.0. The lowest BCUT2D eigenvalue weighted by Gasteiger charge is -1.96. The molecule has 0 fully saturated rings. The predicted octanol–water partition coefficient (Wildman–Crippen LogP) is 3.15. The number of halogens is 1. The second-order valence-electron chi connectivity index (χ2n) is 3.36.